The van der Waals surface area contributed by atoms with E-state index in [1.54, 1.807) is 7.11 Å². The van der Waals surface area contributed by atoms with Crippen LogP contribution in [0.1, 0.15) is 44.6 Å². The van der Waals surface area contributed by atoms with E-state index in [-0.39, 0.29) is 16.8 Å². The quantitative estimate of drug-likeness (QED) is 0.769. The van der Waals surface area contributed by atoms with Gasteiger partial charge in [0.25, 0.3) is 0 Å². The van der Waals surface area contributed by atoms with Crippen molar-refractivity contribution in [3.05, 3.63) is 35.9 Å². The Labute approximate surface area is 126 Å². The van der Waals surface area contributed by atoms with Crippen LogP contribution in [-0.2, 0) is 14.9 Å². The minimum absolute atomic E-state index is 0.0455. The van der Waals surface area contributed by atoms with Gasteiger partial charge in [-0.2, -0.15) is 0 Å². The van der Waals surface area contributed by atoms with Gasteiger partial charge in [0.1, 0.15) is 0 Å². The maximum absolute atomic E-state index is 12.5. The maximum atomic E-state index is 12.5. The van der Waals surface area contributed by atoms with Crippen LogP contribution < -0.4 is 0 Å². The first-order valence-electron chi connectivity index (χ1n) is 8.23. The zero-order valence-corrected chi connectivity index (χ0v) is 13.0. The molecule has 0 N–H and O–H groups in total. The fourth-order valence-electron chi connectivity index (χ4n) is 5.97. The summed E-state index contributed by atoms with van der Waals surface area (Å²) in [6, 6.07) is 10.9. The van der Waals surface area contributed by atoms with Crippen molar-refractivity contribution in [1.82, 2.24) is 0 Å². The molecule has 2 unspecified atom stereocenters. The zero-order valence-electron chi connectivity index (χ0n) is 13.0. The van der Waals surface area contributed by atoms with E-state index in [2.05, 4.69) is 37.3 Å². The number of carbonyl (C=O) groups is 1. The van der Waals surface area contributed by atoms with Crippen LogP contribution in [0.2, 0.25) is 0 Å². The smallest absolute Gasteiger partial charge is 0.311 e. The molecule has 1 aromatic rings. The van der Waals surface area contributed by atoms with Crippen LogP contribution in [0.25, 0.3) is 0 Å². The first kappa shape index (κ1) is 13.4. The number of ether oxygens (including phenoxy) is 1. The third-order valence-corrected chi connectivity index (χ3v) is 6.78. The Morgan fingerprint density at radius 3 is 2.29 bits per heavy atom. The summed E-state index contributed by atoms with van der Waals surface area (Å²) in [4.78, 5) is 12.5. The van der Waals surface area contributed by atoms with Crippen LogP contribution in [0.3, 0.4) is 0 Å². The summed E-state index contributed by atoms with van der Waals surface area (Å²) in [5, 5.41) is 0. The summed E-state index contributed by atoms with van der Waals surface area (Å²) >= 11 is 0. The van der Waals surface area contributed by atoms with Gasteiger partial charge < -0.3 is 4.74 Å². The van der Waals surface area contributed by atoms with Crippen molar-refractivity contribution >= 4 is 5.97 Å². The molecule has 2 heteroatoms. The van der Waals surface area contributed by atoms with Crippen LogP contribution in [0.15, 0.2) is 30.3 Å². The van der Waals surface area contributed by atoms with Crippen molar-refractivity contribution in [2.24, 2.45) is 23.2 Å². The highest BCUT2D eigenvalue weighted by molar-refractivity contribution is 5.78. The molecule has 4 aliphatic rings. The highest BCUT2D eigenvalue weighted by atomic mass is 16.5. The van der Waals surface area contributed by atoms with Crippen LogP contribution in [0.4, 0.5) is 0 Å². The Hall–Kier alpha value is -1.31. The van der Waals surface area contributed by atoms with E-state index in [1.165, 1.54) is 18.4 Å². The molecule has 21 heavy (non-hydrogen) atoms. The molecule has 2 nitrogen and oxygen atoms in total. The Morgan fingerprint density at radius 1 is 1.10 bits per heavy atom. The second kappa shape index (κ2) is 4.34. The fourth-order valence-corrected chi connectivity index (χ4v) is 5.97. The molecule has 0 spiro atoms. The minimum Gasteiger partial charge on any atom is -0.469 e. The Balaban J connectivity index is 1.80. The van der Waals surface area contributed by atoms with Gasteiger partial charge in [-0.3, -0.25) is 4.79 Å². The van der Waals surface area contributed by atoms with Gasteiger partial charge in [0.2, 0.25) is 0 Å². The number of methoxy groups -OCH3 is 1. The summed E-state index contributed by atoms with van der Waals surface area (Å²) in [5.74, 6) is 2.18. The predicted octanol–water partition coefficient (Wildman–Crippen LogP) is 3.94. The number of hydrogen-bond acceptors (Lipinski definition) is 2. The molecule has 112 valence electrons. The van der Waals surface area contributed by atoms with E-state index in [1.807, 2.05) is 0 Å². The molecular formula is C19H24O2. The van der Waals surface area contributed by atoms with E-state index in [0.717, 1.165) is 25.2 Å². The molecule has 0 aromatic heterocycles. The molecular weight excluding hydrogens is 260 g/mol. The number of esters is 1. The van der Waals surface area contributed by atoms with Crippen molar-refractivity contribution < 1.29 is 9.53 Å². The van der Waals surface area contributed by atoms with Crippen molar-refractivity contribution in [3.63, 3.8) is 0 Å². The molecule has 4 bridgehead atoms. The molecule has 2 atom stereocenters. The summed E-state index contributed by atoms with van der Waals surface area (Å²) in [5.41, 5.74) is 1.45. The molecule has 0 amide bonds. The minimum atomic E-state index is -0.205. The monoisotopic (exact) mass is 284 g/mol. The van der Waals surface area contributed by atoms with Gasteiger partial charge in [-0.15, -0.1) is 0 Å². The van der Waals surface area contributed by atoms with Crippen molar-refractivity contribution in [1.29, 1.82) is 0 Å². The largest absolute Gasteiger partial charge is 0.469 e. The summed E-state index contributed by atoms with van der Waals surface area (Å²) in [7, 11) is 1.56. The topological polar surface area (TPSA) is 26.3 Å². The van der Waals surface area contributed by atoms with Crippen LogP contribution in [-0.4, -0.2) is 13.1 Å². The van der Waals surface area contributed by atoms with E-state index < -0.39 is 0 Å². The normalized spacial score (nSPS) is 43.8. The molecule has 0 radical (unpaired) electrons. The lowest BCUT2D eigenvalue weighted by Gasteiger charge is -2.63. The summed E-state index contributed by atoms with van der Waals surface area (Å²) in [6.45, 7) is 2.40. The first-order chi connectivity index (χ1) is 10.1. The van der Waals surface area contributed by atoms with Gasteiger partial charge in [-0.1, -0.05) is 37.3 Å². The van der Waals surface area contributed by atoms with Crippen LogP contribution in [0, 0.1) is 23.2 Å². The van der Waals surface area contributed by atoms with E-state index in [9.17, 15) is 4.79 Å². The van der Waals surface area contributed by atoms with E-state index >= 15 is 0 Å². The lowest BCUT2D eigenvalue weighted by Crippen LogP contribution is -2.59. The van der Waals surface area contributed by atoms with Crippen molar-refractivity contribution in [3.8, 4) is 0 Å². The standard InChI is InChI=1S/C19H24O2/c1-13-14-8-18(16-6-4-3-5-7-16)9-15(13)11-19(10-14,12-18)17(20)21-2/h3-7,13-15H,8-12H2,1-2H3. The van der Waals surface area contributed by atoms with Gasteiger partial charge >= 0.3 is 5.97 Å². The Bertz CT molecular complexity index is 546. The molecule has 0 heterocycles. The maximum Gasteiger partial charge on any atom is 0.311 e. The highest BCUT2D eigenvalue weighted by Gasteiger charge is 2.63. The van der Waals surface area contributed by atoms with Gasteiger partial charge in [0, 0.05) is 0 Å². The number of rotatable bonds is 2. The lowest BCUT2D eigenvalue weighted by molar-refractivity contribution is -0.176. The van der Waals surface area contributed by atoms with Gasteiger partial charge in [-0.05, 0) is 60.8 Å². The second-order valence-corrected chi connectivity index (χ2v) is 7.79. The first-order valence-corrected chi connectivity index (χ1v) is 8.23. The van der Waals surface area contributed by atoms with Gasteiger partial charge in [0.15, 0.2) is 0 Å². The lowest BCUT2D eigenvalue weighted by atomic mass is 9.40. The van der Waals surface area contributed by atoms with Gasteiger partial charge in [0.05, 0.1) is 12.5 Å². The third kappa shape index (κ3) is 1.74. The Morgan fingerprint density at radius 2 is 1.71 bits per heavy atom. The molecule has 0 aliphatic heterocycles. The SMILES string of the molecule is COC(=O)C12CC3CC(c4ccccc4)(CC(C1)C3C)C2. The molecule has 4 aliphatic carbocycles. The van der Waals surface area contributed by atoms with Gasteiger partial charge in [-0.25, -0.2) is 0 Å². The summed E-state index contributed by atoms with van der Waals surface area (Å²) < 4.78 is 5.21. The van der Waals surface area contributed by atoms with Crippen molar-refractivity contribution in [2.45, 2.75) is 44.4 Å². The fraction of sp³-hybridized carbons (Fsp3) is 0.632. The molecule has 4 saturated carbocycles. The van der Waals surface area contributed by atoms with E-state index in [4.69, 9.17) is 4.74 Å². The predicted molar refractivity (Wildman–Crippen MR) is 81.8 cm³/mol. The number of benzene rings is 1. The highest BCUT2D eigenvalue weighted by Crippen LogP contribution is 2.67. The number of carbonyl (C=O) groups excluding carboxylic acids is 1. The Kier molecular flexibility index (Phi) is 2.76. The third-order valence-electron chi connectivity index (χ3n) is 6.78. The molecule has 4 fully saturated rings. The molecule has 1 aromatic carbocycles. The molecule has 5 rings (SSSR count). The van der Waals surface area contributed by atoms with Crippen molar-refractivity contribution in [2.75, 3.05) is 7.11 Å². The average molecular weight is 284 g/mol. The van der Waals surface area contributed by atoms with Crippen LogP contribution in [0.5, 0.6) is 0 Å². The van der Waals surface area contributed by atoms with E-state index in [0.29, 0.717) is 11.8 Å². The average Bonchev–Trinajstić information content (AvgIpc) is 2.51. The summed E-state index contributed by atoms with van der Waals surface area (Å²) in [6.07, 6.45) is 5.61. The molecule has 0 saturated heterocycles. The second-order valence-electron chi connectivity index (χ2n) is 7.79. The zero-order chi connectivity index (χ0) is 14.7. The number of hydrogen-bond donors (Lipinski definition) is 0. The van der Waals surface area contributed by atoms with Crippen LogP contribution >= 0.6 is 0 Å².